The summed E-state index contributed by atoms with van der Waals surface area (Å²) in [6.07, 6.45) is 4.38. The van der Waals surface area contributed by atoms with E-state index in [9.17, 15) is 13.2 Å². The number of nitrogens with zero attached hydrogens (tertiary/aromatic N) is 2. The van der Waals surface area contributed by atoms with Crippen molar-refractivity contribution in [3.63, 3.8) is 0 Å². The number of carbonyl (C=O) groups excluding carboxylic acids is 1. The van der Waals surface area contributed by atoms with Crippen LogP contribution in [-0.2, 0) is 21.4 Å². The van der Waals surface area contributed by atoms with E-state index in [4.69, 9.17) is 4.74 Å². The highest BCUT2D eigenvalue weighted by atomic mass is 32.2. The SMILES string of the molecule is COc1ccc(N(CCCC(=O)NCc2ccc(N3CCCC(C)C3)cc2)S(C)(=O)=O)cc1. The fourth-order valence-electron chi connectivity index (χ4n) is 4.16. The van der Waals surface area contributed by atoms with Crippen LogP contribution < -0.4 is 19.3 Å². The van der Waals surface area contributed by atoms with Crippen LogP contribution in [0, 0.1) is 5.92 Å². The summed E-state index contributed by atoms with van der Waals surface area (Å²) < 4.78 is 30.9. The van der Waals surface area contributed by atoms with Crippen molar-refractivity contribution in [2.24, 2.45) is 5.92 Å². The molecule has 0 aromatic heterocycles. The second-order valence-electron chi connectivity index (χ2n) is 8.77. The van der Waals surface area contributed by atoms with E-state index in [1.165, 1.54) is 29.1 Å². The molecule has 180 valence electrons. The number of benzene rings is 2. The quantitative estimate of drug-likeness (QED) is 0.568. The van der Waals surface area contributed by atoms with Crippen LogP contribution in [0.4, 0.5) is 11.4 Å². The van der Waals surface area contributed by atoms with Crippen LogP contribution in [0.1, 0.15) is 38.2 Å². The lowest BCUT2D eigenvalue weighted by Crippen LogP contribution is -2.34. The van der Waals surface area contributed by atoms with Gasteiger partial charge in [-0.3, -0.25) is 9.10 Å². The van der Waals surface area contributed by atoms with Gasteiger partial charge in [-0.05, 0) is 67.1 Å². The summed E-state index contributed by atoms with van der Waals surface area (Å²) >= 11 is 0. The van der Waals surface area contributed by atoms with Crippen molar-refractivity contribution >= 4 is 27.3 Å². The number of amides is 1. The van der Waals surface area contributed by atoms with Crippen molar-refractivity contribution in [3.05, 3.63) is 54.1 Å². The molecule has 3 rings (SSSR count). The molecule has 1 unspecified atom stereocenters. The Morgan fingerprint density at radius 3 is 2.45 bits per heavy atom. The van der Waals surface area contributed by atoms with Gasteiger partial charge in [0.15, 0.2) is 0 Å². The molecule has 0 radical (unpaired) electrons. The number of hydrogen-bond acceptors (Lipinski definition) is 5. The predicted molar refractivity (Wildman–Crippen MR) is 133 cm³/mol. The lowest BCUT2D eigenvalue weighted by molar-refractivity contribution is -0.121. The van der Waals surface area contributed by atoms with Crippen molar-refractivity contribution in [1.29, 1.82) is 0 Å². The van der Waals surface area contributed by atoms with Crippen molar-refractivity contribution < 1.29 is 17.9 Å². The van der Waals surface area contributed by atoms with E-state index < -0.39 is 10.0 Å². The summed E-state index contributed by atoms with van der Waals surface area (Å²) in [4.78, 5) is 14.7. The standard InChI is InChI=1S/C25H35N3O4S/c1-20-6-4-16-27(19-20)22-10-8-21(9-11-22)18-26-25(29)7-5-17-28(33(3,30)31)23-12-14-24(32-2)15-13-23/h8-15,20H,4-7,16-19H2,1-3H3,(H,26,29). The van der Waals surface area contributed by atoms with Crippen molar-refractivity contribution in [3.8, 4) is 5.75 Å². The minimum Gasteiger partial charge on any atom is -0.497 e. The molecule has 2 aromatic carbocycles. The first-order valence-electron chi connectivity index (χ1n) is 11.5. The number of nitrogens with one attached hydrogen (secondary N) is 1. The van der Waals surface area contributed by atoms with E-state index in [1.54, 1.807) is 31.4 Å². The number of hydrogen-bond donors (Lipinski definition) is 1. The third kappa shape index (κ3) is 7.39. The molecule has 1 aliphatic heterocycles. The van der Waals surface area contributed by atoms with Gasteiger partial charge in [-0.1, -0.05) is 19.1 Å². The van der Waals surface area contributed by atoms with Gasteiger partial charge in [0.25, 0.3) is 0 Å². The number of ether oxygens (including phenoxy) is 1. The largest absolute Gasteiger partial charge is 0.497 e. The molecule has 1 saturated heterocycles. The van der Waals surface area contributed by atoms with Gasteiger partial charge in [0, 0.05) is 38.3 Å². The van der Waals surface area contributed by atoms with Crippen molar-refractivity contribution in [1.82, 2.24) is 5.32 Å². The lowest BCUT2D eigenvalue weighted by Gasteiger charge is -2.32. The summed E-state index contributed by atoms with van der Waals surface area (Å²) in [5.41, 5.74) is 2.84. The Morgan fingerprint density at radius 1 is 1.15 bits per heavy atom. The van der Waals surface area contributed by atoms with E-state index in [0.717, 1.165) is 24.6 Å². The summed E-state index contributed by atoms with van der Waals surface area (Å²) in [6.45, 7) is 5.19. The highest BCUT2D eigenvalue weighted by Crippen LogP contribution is 2.24. The molecule has 1 N–H and O–H groups in total. The molecule has 2 aromatic rings. The van der Waals surface area contributed by atoms with Gasteiger partial charge < -0.3 is 15.0 Å². The summed E-state index contributed by atoms with van der Waals surface area (Å²) in [6, 6.07) is 15.2. The topological polar surface area (TPSA) is 79.0 Å². The average Bonchev–Trinajstić information content (AvgIpc) is 2.80. The fraction of sp³-hybridized carbons (Fsp3) is 0.480. The highest BCUT2D eigenvalue weighted by molar-refractivity contribution is 7.92. The van der Waals surface area contributed by atoms with Gasteiger partial charge in [0.05, 0.1) is 19.1 Å². The molecule has 1 amide bonds. The van der Waals surface area contributed by atoms with Gasteiger partial charge in [-0.25, -0.2) is 8.42 Å². The van der Waals surface area contributed by atoms with Gasteiger partial charge >= 0.3 is 0 Å². The summed E-state index contributed by atoms with van der Waals surface area (Å²) in [5.74, 6) is 1.29. The second kappa shape index (κ2) is 11.4. The van der Waals surface area contributed by atoms with Crippen LogP contribution in [0.25, 0.3) is 0 Å². The smallest absolute Gasteiger partial charge is 0.232 e. The first-order valence-corrected chi connectivity index (χ1v) is 13.3. The Balaban J connectivity index is 1.46. The number of methoxy groups -OCH3 is 1. The van der Waals surface area contributed by atoms with Crippen LogP contribution in [0.3, 0.4) is 0 Å². The van der Waals surface area contributed by atoms with E-state index in [2.05, 4.69) is 41.4 Å². The molecule has 1 heterocycles. The third-order valence-corrected chi connectivity index (χ3v) is 7.17. The molecule has 0 bridgehead atoms. The molecule has 1 atom stereocenters. The number of carbonyl (C=O) groups is 1. The number of piperidine rings is 1. The van der Waals surface area contributed by atoms with E-state index >= 15 is 0 Å². The molecule has 1 fully saturated rings. The Bertz CT molecular complexity index is 1010. The van der Waals surface area contributed by atoms with Crippen LogP contribution in [0.15, 0.2) is 48.5 Å². The van der Waals surface area contributed by atoms with E-state index in [-0.39, 0.29) is 18.9 Å². The molecule has 0 saturated carbocycles. The Hall–Kier alpha value is -2.74. The second-order valence-corrected chi connectivity index (χ2v) is 10.7. The molecule has 1 aliphatic rings. The van der Waals surface area contributed by atoms with E-state index in [1.807, 2.05) is 0 Å². The fourth-order valence-corrected chi connectivity index (χ4v) is 5.12. The molecular weight excluding hydrogens is 438 g/mol. The summed E-state index contributed by atoms with van der Waals surface area (Å²) in [5, 5.41) is 2.94. The lowest BCUT2D eigenvalue weighted by atomic mass is 9.99. The highest BCUT2D eigenvalue weighted by Gasteiger charge is 2.18. The maximum absolute atomic E-state index is 12.3. The zero-order valence-electron chi connectivity index (χ0n) is 19.8. The zero-order chi connectivity index (χ0) is 23.8. The molecule has 8 heteroatoms. The number of rotatable bonds is 10. The van der Waals surface area contributed by atoms with Crippen molar-refractivity contribution in [2.45, 2.75) is 39.2 Å². The van der Waals surface area contributed by atoms with E-state index in [0.29, 0.717) is 24.4 Å². The van der Waals surface area contributed by atoms with Gasteiger partial charge in [0.2, 0.25) is 15.9 Å². The normalized spacial score (nSPS) is 16.3. The molecule has 7 nitrogen and oxygen atoms in total. The molecular formula is C25H35N3O4S. The Kier molecular flexibility index (Phi) is 8.61. The first-order chi connectivity index (χ1) is 15.8. The molecule has 0 aliphatic carbocycles. The molecule has 0 spiro atoms. The van der Waals surface area contributed by atoms with Crippen LogP contribution in [0.2, 0.25) is 0 Å². The van der Waals surface area contributed by atoms with Gasteiger partial charge in [-0.15, -0.1) is 0 Å². The maximum Gasteiger partial charge on any atom is 0.232 e. The zero-order valence-corrected chi connectivity index (χ0v) is 20.6. The minimum absolute atomic E-state index is 0.0906. The maximum atomic E-state index is 12.3. The van der Waals surface area contributed by atoms with Gasteiger partial charge in [-0.2, -0.15) is 0 Å². The monoisotopic (exact) mass is 473 g/mol. The number of anilines is 2. The van der Waals surface area contributed by atoms with Crippen molar-refractivity contribution in [2.75, 3.05) is 42.2 Å². The first kappa shape index (κ1) is 24.9. The summed E-state index contributed by atoms with van der Waals surface area (Å²) in [7, 11) is -1.89. The number of sulfonamides is 1. The van der Waals surface area contributed by atoms with Gasteiger partial charge in [0.1, 0.15) is 5.75 Å². The Morgan fingerprint density at radius 2 is 1.85 bits per heavy atom. The Labute approximate surface area is 197 Å². The third-order valence-electron chi connectivity index (χ3n) is 5.97. The van der Waals surface area contributed by atoms with Crippen LogP contribution >= 0.6 is 0 Å². The predicted octanol–water partition coefficient (Wildman–Crippen LogP) is 3.79. The minimum atomic E-state index is -3.45. The van der Waals surface area contributed by atoms with Crippen LogP contribution in [-0.4, -0.2) is 47.3 Å². The average molecular weight is 474 g/mol. The molecule has 33 heavy (non-hydrogen) atoms. The van der Waals surface area contributed by atoms with Crippen LogP contribution in [0.5, 0.6) is 5.75 Å².